The van der Waals surface area contributed by atoms with Gasteiger partial charge in [-0.05, 0) is 0 Å². The van der Waals surface area contributed by atoms with Crippen LogP contribution < -0.4 is 0 Å². The zero-order chi connectivity index (χ0) is 12.8. The molecule has 100 valence electrons. The van der Waals surface area contributed by atoms with Gasteiger partial charge in [-0.25, -0.2) is 0 Å². The number of alkyl halides is 3. The van der Waals surface area contributed by atoms with Gasteiger partial charge in [0.1, 0.15) is 24.4 Å². The standard InChI is InChI=1S/C7H9F3O6S/c8-7(9,10)17(12,13)16-4-2-15-5-3(11)1-14-6(4)5/h3-6,11H,1-2H2/t3?,4?,5-,6-/m1/s1. The van der Waals surface area contributed by atoms with Crippen LogP contribution in [-0.4, -0.2) is 56.7 Å². The summed E-state index contributed by atoms with van der Waals surface area (Å²) in [5, 5.41) is 9.30. The molecular weight excluding hydrogens is 269 g/mol. The molecule has 17 heavy (non-hydrogen) atoms. The lowest BCUT2D eigenvalue weighted by molar-refractivity contribution is -0.0629. The second kappa shape index (κ2) is 4.05. The average molecular weight is 278 g/mol. The number of hydrogen-bond acceptors (Lipinski definition) is 6. The highest BCUT2D eigenvalue weighted by Gasteiger charge is 2.54. The Hall–Kier alpha value is -0.420. The van der Waals surface area contributed by atoms with E-state index in [4.69, 9.17) is 9.47 Å². The van der Waals surface area contributed by atoms with Crippen LogP contribution in [-0.2, 0) is 23.8 Å². The van der Waals surface area contributed by atoms with Gasteiger partial charge in [0.25, 0.3) is 0 Å². The Bertz CT molecular complexity index is 393. The molecule has 2 aliphatic rings. The highest BCUT2D eigenvalue weighted by molar-refractivity contribution is 7.87. The minimum atomic E-state index is -5.68. The fourth-order valence-electron chi connectivity index (χ4n) is 1.74. The minimum Gasteiger partial charge on any atom is -0.388 e. The summed E-state index contributed by atoms with van der Waals surface area (Å²) in [6.07, 6.45) is -4.21. The summed E-state index contributed by atoms with van der Waals surface area (Å²) in [5.41, 5.74) is -5.48. The summed E-state index contributed by atoms with van der Waals surface area (Å²) in [4.78, 5) is 0. The molecule has 0 aromatic carbocycles. The smallest absolute Gasteiger partial charge is 0.388 e. The lowest BCUT2D eigenvalue weighted by atomic mass is 10.1. The average Bonchev–Trinajstić information content (AvgIpc) is 2.70. The summed E-state index contributed by atoms with van der Waals surface area (Å²) in [7, 11) is -5.68. The lowest BCUT2D eigenvalue weighted by Crippen LogP contribution is -2.37. The van der Waals surface area contributed by atoms with Crippen LogP contribution in [0.3, 0.4) is 0 Å². The van der Waals surface area contributed by atoms with Crippen molar-refractivity contribution in [1.29, 1.82) is 0 Å². The Morgan fingerprint density at radius 3 is 2.35 bits per heavy atom. The molecule has 2 saturated heterocycles. The first-order valence-corrected chi connectivity index (χ1v) is 6.04. The van der Waals surface area contributed by atoms with Crippen molar-refractivity contribution in [2.24, 2.45) is 0 Å². The molecule has 0 radical (unpaired) electrons. The van der Waals surface area contributed by atoms with Crippen LogP contribution in [0.1, 0.15) is 0 Å². The summed E-state index contributed by atoms with van der Waals surface area (Å²) in [5.74, 6) is 0. The van der Waals surface area contributed by atoms with Gasteiger partial charge in [-0.2, -0.15) is 21.6 Å². The quantitative estimate of drug-likeness (QED) is 0.535. The molecule has 0 bridgehead atoms. The van der Waals surface area contributed by atoms with E-state index < -0.39 is 40.0 Å². The van der Waals surface area contributed by atoms with Crippen molar-refractivity contribution >= 4 is 10.1 Å². The van der Waals surface area contributed by atoms with E-state index >= 15 is 0 Å². The van der Waals surface area contributed by atoms with Crippen molar-refractivity contribution in [2.45, 2.75) is 29.9 Å². The third-order valence-corrected chi connectivity index (χ3v) is 3.58. The van der Waals surface area contributed by atoms with E-state index in [9.17, 15) is 26.7 Å². The second-order valence-corrected chi connectivity index (χ2v) is 5.26. The van der Waals surface area contributed by atoms with Gasteiger partial charge in [0.15, 0.2) is 0 Å². The van der Waals surface area contributed by atoms with Crippen LogP contribution in [0.4, 0.5) is 13.2 Å². The highest BCUT2D eigenvalue weighted by Crippen LogP contribution is 2.33. The van der Waals surface area contributed by atoms with E-state index in [1.807, 2.05) is 0 Å². The molecule has 2 rings (SSSR count). The van der Waals surface area contributed by atoms with Crippen molar-refractivity contribution in [3.63, 3.8) is 0 Å². The third-order valence-electron chi connectivity index (χ3n) is 2.52. The first-order valence-electron chi connectivity index (χ1n) is 4.63. The summed E-state index contributed by atoms with van der Waals surface area (Å²) < 4.78 is 71.6. The molecule has 0 amide bonds. The molecule has 2 unspecified atom stereocenters. The topological polar surface area (TPSA) is 82.1 Å². The third kappa shape index (κ3) is 2.27. The summed E-state index contributed by atoms with van der Waals surface area (Å²) in [6, 6.07) is 0. The van der Waals surface area contributed by atoms with Gasteiger partial charge in [-0.15, -0.1) is 0 Å². The van der Waals surface area contributed by atoms with Gasteiger partial charge in [0.05, 0.1) is 13.2 Å². The van der Waals surface area contributed by atoms with Crippen molar-refractivity contribution in [3.8, 4) is 0 Å². The number of rotatable bonds is 2. The number of hydrogen-bond donors (Lipinski definition) is 1. The van der Waals surface area contributed by atoms with Gasteiger partial charge >= 0.3 is 15.6 Å². The fourth-order valence-corrected chi connectivity index (χ4v) is 2.34. The zero-order valence-corrected chi connectivity index (χ0v) is 9.07. The molecule has 4 atom stereocenters. The lowest BCUT2D eigenvalue weighted by Gasteiger charge is -2.17. The molecule has 1 N–H and O–H groups in total. The number of fused-ring (bicyclic) bond motifs is 1. The second-order valence-electron chi connectivity index (χ2n) is 3.70. The maximum Gasteiger partial charge on any atom is 0.523 e. The SMILES string of the molecule is O=S(=O)(OC1CO[C@@H]2C(O)CO[C@H]12)C(F)(F)F. The van der Waals surface area contributed by atoms with E-state index in [1.165, 1.54) is 0 Å². The van der Waals surface area contributed by atoms with Gasteiger partial charge in [-0.3, -0.25) is 4.18 Å². The van der Waals surface area contributed by atoms with E-state index in [2.05, 4.69) is 4.18 Å². The Morgan fingerprint density at radius 2 is 1.76 bits per heavy atom. The van der Waals surface area contributed by atoms with Gasteiger partial charge in [0, 0.05) is 0 Å². The molecule has 2 fully saturated rings. The first-order chi connectivity index (χ1) is 7.72. The summed E-state index contributed by atoms with van der Waals surface area (Å²) >= 11 is 0. The van der Waals surface area contributed by atoms with Crippen LogP contribution in [0.5, 0.6) is 0 Å². The normalized spacial score (nSPS) is 38.4. The largest absolute Gasteiger partial charge is 0.523 e. The van der Waals surface area contributed by atoms with Crippen LogP contribution in [0, 0.1) is 0 Å². The Morgan fingerprint density at radius 1 is 1.18 bits per heavy atom. The Kier molecular flexibility index (Phi) is 3.11. The van der Waals surface area contributed by atoms with E-state index in [0.29, 0.717) is 0 Å². The number of aliphatic hydroxyl groups is 1. The van der Waals surface area contributed by atoms with Gasteiger partial charge in [0.2, 0.25) is 0 Å². The predicted octanol–water partition coefficient (Wildman–Crippen LogP) is -0.620. The van der Waals surface area contributed by atoms with E-state index in [0.717, 1.165) is 0 Å². The summed E-state index contributed by atoms with van der Waals surface area (Å²) in [6.45, 7) is -0.497. The molecule has 2 heterocycles. The van der Waals surface area contributed by atoms with E-state index in [-0.39, 0.29) is 13.2 Å². The Labute approximate surface area is 94.4 Å². The fraction of sp³-hybridized carbons (Fsp3) is 1.00. The number of aliphatic hydroxyl groups excluding tert-OH is 1. The van der Waals surface area contributed by atoms with Crippen LogP contribution in [0.2, 0.25) is 0 Å². The molecule has 0 aromatic heterocycles. The number of halogens is 3. The minimum absolute atomic E-state index is 0.124. The molecule has 2 aliphatic heterocycles. The zero-order valence-electron chi connectivity index (χ0n) is 8.25. The maximum absolute atomic E-state index is 12.1. The predicted molar refractivity (Wildman–Crippen MR) is 45.3 cm³/mol. The Balaban J connectivity index is 2.07. The van der Waals surface area contributed by atoms with Crippen molar-refractivity contribution in [2.75, 3.05) is 13.2 Å². The van der Waals surface area contributed by atoms with Crippen LogP contribution in [0.25, 0.3) is 0 Å². The van der Waals surface area contributed by atoms with E-state index in [1.54, 1.807) is 0 Å². The molecule has 6 nitrogen and oxygen atoms in total. The van der Waals surface area contributed by atoms with Gasteiger partial charge in [-0.1, -0.05) is 0 Å². The molecule has 0 aliphatic carbocycles. The molecule has 10 heteroatoms. The molecular formula is C7H9F3O6S. The van der Waals surface area contributed by atoms with Crippen molar-refractivity contribution < 1.29 is 40.4 Å². The van der Waals surface area contributed by atoms with Gasteiger partial charge < -0.3 is 14.6 Å². The molecule has 0 spiro atoms. The van der Waals surface area contributed by atoms with Crippen molar-refractivity contribution in [3.05, 3.63) is 0 Å². The maximum atomic E-state index is 12.1. The van der Waals surface area contributed by atoms with Crippen molar-refractivity contribution in [1.82, 2.24) is 0 Å². The molecule has 0 saturated carbocycles. The number of ether oxygens (including phenoxy) is 2. The monoisotopic (exact) mass is 278 g/mol. The van der Waals surface area contributed by atoms with Crippen LogP contribution >= 0.6 is 0 Å². The van der Waals surface area contributed by atoms with Crippen LogP contribution in [0.15, 0.2) is 0 Å². The first kappa shape index (κ1) is 13.0. The highest BCUT2D eigenvalue weighted by atomic mass is 32.2. The molecule has 0 aromatic rings.